The van der Waals surface area contributed by atoms with Crippen molar-refractivity contribution in [3.8, 4) is 17.3 Å². The second kappa shape index (κ2) is 11.0. The number of nitrogens with one attached hydrogen (secondary N) is 2. The average molecular weight is 503 g/mol. The van der Waals surface area contributed by atoms with E-state index < -0.39 is 0 Å². The Morgan fingerprint density at radius 1 is 1.14 bits per heavy atom. The van der Waals surface area contributed by atoms with Gasteiger partial charge in [0.2, 0.25) is 5.88 Å². The van der Waals surface area contributed by atoms with Gasteiger partial charge in [-0.15, -0.1) is 0 Å². The number of piperidine rings is 1. The van der Waals surface area contributed by atoms with Crippen LogP contribution in [0.1, 0.15) is 36.3 Å². The van der Waals surface area contributed by atoms with E-state index in [2.05, 4.69) is 44.2 Å². The number of benzene rings is 1. The summed E-state index contributed by atoms with van der Waals surface area (Å²) in [5, 5.41) is 4.59. The molecule has 1 aliphatic rings. The quantitative estimate of drug-likeness (QED) is 0.351. The fourth-order valence-corrected chi connectivity index (χ4v) is 5.10. The van der Waals surface area contributed by atoms with Crippen molar-refractivity contribution < 1.29 is 9.13 Å². The first kappa shape index (κ1) is 24.8. The third-order valence-corrected chi connectivity index (χ3v) is 7.01. The summed E-state index contributed by atoms with van der Waals surface area (Å²) in [4.78, 5) is 31.3. The molecule has 0 atom stereocenters. The molecule has 0 bridgehead atoms. The molecule has 3 aromatic heterocycles. The molecule has 5 rings (SSSR count). The minimum atomic E-state index is -0.251. The molecule has 0 radical (unpaired) electrons. The van der Waals surface area contributed by atoms with Gasteiger partial charge in [-0.1, -0.05) is 6.07 Å². The Balaban J connectivity index is 1.43. The predicted octanol–water partition coefficient (Wildman–Crippen LogP) is 4.98. The van der Waals surface area contributed by atoms with Gasteiger partial charge in [0.05, 0.1) is 37.3 Å². The molecule has 0 spiro atoms. The Morgan fingerprint density at radius 3 is 2.73 bits per heavy atom. The number of pyridine rings is 2. The van der Waals surface area contributed by atoms with Crippen molar-refractivity contribution in [1.29, 1.82) is 0 Å². The highest BCUT2D eigenvalue weighted by atomic mass is 19.1. The number of alkyl halides is 1. The zero-order valence-electron chi connectivity index (χ0n) is 21.1. The largest absolute Gasteiger partial charge is 0.480 e. The Kier molecular flexibility index (Phi) is 7.41. The molecule has 9 heteroatoms. The maximum Gasteiger partial charge on any atom is 0.259 e. The minimum absolute atomic E-state index is 0.219. The van der Waals surface area contributed by atoms with Gasteiger partial charge < -0.3 is 19.9 Å². The van der Waals surface area contributed by atoms with Crippen LogP contribution in [0.5, 0.6) is 5.88 Å². The number of anilines is 2. The fraction of sp³-hybridized carbons (Fsp3) is 0.357. The smallest absolute Gasteiger partial charge is 0.259 e. The van der Waals surface area contributed by atoms with Gasteiger partial charge in [0.25, 0.3) is 5.56 Å². The van der Waals surface area contributed by atoms with Crippen LogP contribution in [0.15, 0.2) is 53.7 Å². The number of nitrogens with zero attached hydrogens (tertiary/aromatic N) is 4. The summed E-state index contributed by atoms with van der Waals surface area (Å²) in [5.74, 6) is 1.33. The Bertz CT molecular complexity index is 1450. The van der Waals surface area contributed by atoms with Gasteiger partial charge in [-0.3, -0.25) is 14.2 Å². The number of H-pyrrole nitrogens is 1. The van der Waals surface area contributed by atoms with E-state index in [1.165, 1.54) is 24.4 Å². The maximum atomic E-state index is 12.7. The van der Waals surface area contributed by atoms with Crippen LogP contribution in [0.4, 0.5) is 15.9 Å². The number of likely N-dealkylation sites (tertiary alicyclic amines) is 1. The van der Waals surface area contributed by atoms with E-state index in [1.807, 2.05) is 18.2 Å². The molecule has 2 N–H and O–H groups in total. The number of rotatable bonds is 8. The van der Waals surface area contributed by atoms with Crippen LogP contribution in [0, 0.1) is 6.92 Å². The van der Waals surface area contributed by atoms with Crippen molar-refractivity contribution in [3.63, 3.8) is 0 Å². The summed E-state index contributed by atoms with van der Waals surface area (Å²) >= 11 is 0. The standard InChI is InChI=1S/C28H31FN6O2/c1-18-14-21(4-5-22(18)19-7-12-35(13-8-19)11-3-9-29)32-27-26-20(6-10-31-28(26)36)15-23(34-27)24-16-30-17-25(33-24)37-2/h4-6,10,14-17,19H,3,7-9,11-13H2,1-2H3,(H,31,36)(H,32,34). The van der Waals surface area contributed by atoms with E-state index in [9.17, 15) is 9.18 Å². The normalized spacial score (nSPS) is 14.7. The highest BCUT2D eigenvalue weighted by Crippen LogP contribution is 2.33. The molecule has 8 nitrogen and oxygen atoms in total. The lowest BCUT2D eigenvalue weighted by Crippen LogP contribution is -2.34. The summed E-state index contributed by atoms with van der Waals surface area (Å²) < 4.78 is 17.7. The van der Waals surface area contributed by atoms with Crippen LogP contribution < -0.4 is 15.6 Å². The maximum absolute atomic E-state index is 12.7. The van der Waals surface area contributed by atoms with Crippen LogP contribution >= 0.6 is 0 Å². The number of ether oxygens (including phenoxy) is 1. The predicted molar refractivity (Wildman–Crippen MR) is 143 cm³/mol. The van der Waals surface area contributed by atoms with Crippen LogP contribution in [0.25, 0.3) is 22.2 Å². The highest BCUT2D eigenvalue weighted by molar-refractivity contribution is 5.94. The van der Waals surface area contributed by atoms with Crippen LogP contribution in [0.3, 0.4) is 0 Å². The number of aromatic nitrogens is 4. The Hall–Kier alpha value is -3.85. The van der Waals surface area contributed by atoms with E-state index in [0.29, 0.717) is 40.8 Å². The van der Waals surface area contributed by atoms with Gasteiger partial charge in [-0.25, -0.2) is 9.97 Å². The van der Waals surface area contributed by atoms with Crippen LogP contribution in [-0.4, -0.2) is 58.3 Å². The van der Waals surface area contributed by atoms with Crippen LogP contribution in [-0.2, 0) is 0 Å². The Morgan fingerprint density at radius 2 is 1.97 bits per heavy atom. The molecule has 1 fully saturated rings. The molecule has 4 aromatic rings. The Labute approximate surface area is 214 Å². The zero-order valence-corrected chi connectivity index (χ0v) is 21.1. The first-order valence-corrected chi connectivity index (χ1v) is 12.6. The first-order valence-electron chi connectivity index (χ1n) is 12.6. The summed E-state index contributed by atoms with van der Waals surface area (Å²) in [5.41, 5.74) is 4.30. The van der Waals surface area contributed by atoms with E-state index in [1.54, 1.807) is 12.4 Å². The van der Waals surface area contributed by atoms with E-state index >= 15 is 0 Å². The topological polar surface area (TPSA) is 96.0 Å². The molecule has 1 aliphatic heterocycles. The van der Waals surface area contributed by atoms with Crippen molar-refractivity contribution >= 4 is 22.3 Å². The number of fused-ring (bicyclic) bond motifs is 1. The lowest BCUT2D eigenvalue weighted by atomic mass is 9.86. The summed E-state index contributed by atoms with van der Waals surface area (Å²) in [6.45, 7) is 4.72. The van der Waals surface area contributed by atoms with Gasteiger partial charge in [0.1, 0.15) is 11.5 Å². The number of halogens is 1. The third kappa shape index (κ3) is 5.46. The lowest BCUT2D eigenvalue weighted by molar-refractivity contribution is 0.204. The van der Waals surface area contributed by atoms with Crippen molar-refractivity contribution in [3.05, 3.63) is 70.4 Å². The number of methoxy groups -OCH3 is 1. The van der Waals surface area contributed by atoms with Crippen molar-refractivity contribution in [1.82, 2.24) is 24.8 Å². The van der Waals surface area contributed by atoms with Gasteiger partial charge in [0.15, 0.2) is 0 Å². The van der Waals surface area contributed by atoms with E-state index in [4.69, 9.17) is 9.72 Å². The molecule has 4 heterocycles. The monoisotopic (exact) mass is 502 g/mol. The van der Waals surface area contributed by atoms with E-state index in [-0.39, 0.29) is 12.2 Å². The van der Waals surface area contributed by atoms with Crippen molar-refractivity contribution in [2.75, 3.05) is 38.7 Å². The SMILES string of the molecule is COc1cncc(-c2cc3cc[nH]c(=O)c3c(Nc3ccc(C4CCN(CCCF)CC4)c(C)c3)n2)n1. The van der Waals surface area contributed by atoms with Crippen LogP contribution in [0.2, 0.25) is 0 Å². The second-order valence-corrected chi connectivity index (χ2v) is 9.43. The summed E-state index contributed by atoms with van der Waals surface area (Å²) in [7, 11) is 1.54. The van der Waals surface area contributed by atoms with Crippen molar-refractivity contribution in [2.45, 2.75) is 32.1 Å². The van der Waals surface area contributed by atoms with Gasteiger partial charge in [-0.2, -0.15) is 0 Å². The molecule has 192 valence electrons. The van der Waals surface area contributed by atoms with Gasteiger partial charge >= 0.3 is 0 Å². The molecule has 0 aliphatic carbocycles. The highest BCUT2D eigenvalue weighted by Gasteiger charge is 2.22. The second-order valence-electron chi connectivity index (χ2n) is 9.43. The third-order valence-electron chi connectivity index (χ3n) is 7.01. The molecule has 1 saturated heterocycles. The number of hydrogen-bond acceptors (Lipinski definition) is 7. The molecule has 0 saturated carbocycles. The summed E-state index contributed by atoms with van der Waals surface area (Å²) in [6, 6.07) is 9.99. The lowest BCUT2D eigenvalue weighted by Gasteiger charge is -2.32. The number of hydrogen-bond donors (Lipinski definition) is 2. The average Bonchev–Trinajstić information content (AvgIpc) is 2.92. The minimum Gasteiger partial charge on any atom is -0.480 e. The van der Waals surface area contributed by atoms with E-state index in [0.717, 1.165) is 43.5 Å². The number of aromatic amines is 1. The zero-order chi connectivity index (χ0) is 25.8. The summed E-state index contributed by atoms with van der Waals surface area (Å²) in [6.07, 6.45) is 7.54. The molecule has 0 amide bonds. The number of aryl methyl sites for hydroxylation is 1. The molecule has 0 unspecified atom stereocenters. The van der Waals surface area contributed by atoms with Crippen molar-refractivity contribution in [2.24, 2.45) is 0 Å². The molecule has 37 heavy (non-hydrogen) atoms. The first-order chi connectivity index (χ1) is 18.1. The molecule has 1 aromatic carbocycles. The molecular weight excluding hydrogens is 471 g/mol. The molecular formula is C28H31FN6O2. The fourth-order valence-electron chi connectivity index (χ4n) is 5.10. The van der Waals surface area contributed by atoms with Gasteiger partial charge in [0, 0.05) is 18.4 Å². The van der Waals surface area contributed by atoms with Gasteiger partial charge in [-0.05, 0) is 86.0 Å².